The monoisotopic (exact) mass is 883 g/mol. The molecule has 63 heavy (non-hydrogen) atoms. The lowest BCUT2D eigenvalue weighted by atomic mass is 10.0. The molecule has 0 amide bonds. The van der Waals surface area contributed by atoms with Gasteiger partial charge in [0.15, 0.2) is 6.10 Å². The summed E-state index contributed by atoms with van der Waals surface area (Å²) in [7, 11) is 0. The summed E-state index contributed by atoms with van der Waals surface area (Å²) in [6.45, 7) is 6.47. The highest BCUT2D eigenvalue weighted by Gasteiger charge is 2.19. The van der Waals surface area contributed by atoms with Crippen molar-refractivity contribution in [3.8, 4) is 0 Å². The molecule has 0 saturated heterocycles. The van der Waals surface area contributed by atoms with Crippen LogP contribution in [0, 0.1) is 0 Å². The van der Waals surface area contributed by atoms with Crippen molar-refractivity contribution in [2.75, 3.05) is 13.2 Å². The number of ether oxygens (including phenoxy) is 3. The number of hydrogen-bond donors (Lipinski definition) is 0. The van der Waals surface area contributed by atoms with Crippen molar-refractivity contribution in [1.29, 1.82) is 0 Å². The normalized spacial score (nSPS) is 12.4. The minimum atomic E-state index is -0.782. The second-order valence-electron chi connectivity index (χ2n) is 18.1. The summed E-state index contributed by atoms with van der Waals surface area (Å²) in [4.78, 5) is 38.0. The summed E-state index contributed by atoms with van der Waals surface area (Å²) >= 11 is 0. The zero-order chi connectivity index (χ0) is 45.8. The molecular weight excluding hydrogens is 781 g/mol. The van der Waals surface area contributed by atoms with Crippen molar-refractivity contribution in [2.45, 2.75) is 284 Å². The van der Waals surface area contributed by atoms with Crippen molar-refractivity contribution >= 4 is 17.9 Å². The fraction of sp³-hybridized carbons (Fsp3) is 0.807. The molecule has 1 atom stereocenters. The molecule has 0 aliphatic heterocycles. The molecule has 0 fully saturated rings. The van der Waals surface area contributed by atoms with Crippen LogP contribution in [-0.2, 0) is 28.6 Å². The summed E-state index contributed by atoms with van der Waals surface area (Å²) in [6.07, 6.45) is 62.5. The second kappa shape index (κ2) is 52.0. The molecule has 0 spiro atoms. The van der Waals surface area contributed by atoms with Gasteiger partial charge in [-0.05, 0) is 70.6 Å². The highest BCUT2D eigenvalue weighted by Crippen LogP contribution is 2.16. The first kappa shape index (κ1) is 60.4. The SMILES string of the molecule is CC/C=C\C/C=C\C/C=C\CCCCCCCC(=O)OC(COC(=O)CCCCCCC/C=C\CCC)COC(=O)CCCCCCCCCCCCCCCCCCCCCC. The zero-order valence-corrected chi connectivity index (χ0v) is 41.8. The lowest BCUT2D eigenvalue weighted by molar-refractivity contribution is -0.167. The summed E-state index contributed by atoms with van der Waals surface area (Å²) in [5.74, 6) is -0.899. The molecule has 0 aromatic heterocycles. The van der Waals surface area contributed by atoms with Gasteiger partial charge in [-0.2, -0.15) is 0 Å². The van der Waals surface area contributed by atoms with Gasteiger partial charge in [0.2, 0.25) is 0 Å². The predicted octanol–water partition coefficient (Wildman–Crippen LogP) is 17.9. The third-order valence-corrected chi connectivity index (χ3v) is 11.8. The largest absolute Gasteiger partial charge is 0.462 e. The molecule has 0 rings (SSSR count). The third-order valence-electron chi connectivity index (χ3n) is 11.8. The van der Waals surface area contributed by atoms with E-state index < -0.39 is 6.10 Å². The first-order chi connectivity index (χ1) is 31.0. The maximum Gasteiger partial charge on any atom is 0.306 e. The maximum absolute atomic E-state index is 12.8. The van der Waals surface area contributed by atoms with Gasteiger partial charge in [-0.1, -0.05) is 236 Å². The van der Waals surface area contributed by atoms with Crippen molar-refractivity contribution in [2.24, 2.45) is 0 Å². The highest BCUT2D eigenvalue weighted by molar-refractivity contribution is 5.71. The molecule has 0 N–H and O–H groups in total. The summed E-state index contributed by atoms with van der Waals surface area (Å²) in [5, 5.41) is 0. The third kappa shape index (κ3) is 50.2. The molecule has 0 aliphatic rings. The number of carbonyl (C=O) groups excluding carboxylic acids is 3. The van der Waals surface area contributed by atoms with Crippen molar-refractivity contribution in [1.82, 2.24) is 0 Å². The van der Waals surface area contributed by atoms with E-state index in [-0.39, 0.29) is 31.1 Å². The van der Waals surface area contributed by atoms with Gasteiger partial charge in [0.1, 0.15) is 13.2 Å². The molecule has 0 saturated carbocycles. The average molecular weight is 883 g/mol. The Kier molecular flexibility index (Phi) is 49.8. The predicted molar refractivity (Wildman–Crippen MR) is 270 cm³/mol. The van der Waals surface area contributed by atoms with Crippen LogP contribution in [-0.4, -0.2) is 37.2 Å². The van der Waals surface area contributed by atoms with E-state index in [1.165, 1.54) is 128 Å². The van der Waals surface area contributed by atoms with Crippen LogP contribution in [0.1, 0.15) is 278 Å². The molecule has 0 bridgehead atoms. The van der Waals surface area contributed by atoms with E-state index in [4.69, 9.17) is 14.2 Å². The summed E-state index contributed by atoms with van der Waals surface area (Å²) in [5.41, 5.74) is 0. The Labute approximate surface area is 390 Å². The fourth-order valence-corrected chi connectivity index (χ4v) is 7.75. The lowest BCUT2D eigenvalue weighted by Gasteiger charge is -2.18. The van der Waals surface area contributed by atoms with Gasteiger partial charge < -0.3 is 14.2 Å². The Hall–Kier alpha value is -2.63. The first-order valence-corrected chi connectivity index (χ1v) is 27.1. The number of rotatable bonds is 49. The van der Waals surface area contributed by atoms with E-state index >= 15 is 0 Å². The highest BCUT2D eigenvalue weighted by atomic mass is 16.6. The van der Waals surface area contributed by atoms with Crippen LogP contribution in [0.4, 0.5) is 0 Å². The van der Waals surface area contributed by atoms with Crippen LogP contribution in [0.3, 0.4) is 0 Å². The van der Waals surface area contributed by atoms with E-state index in [1.807, 2.05) is 0 Å². The van der Waals surface area contributed by atoms with Crippen LogP contribution in [0.15, 0.2) is 48.6 Å². The number of hydrogen-bond acceptors (Lipinski definition) is 6. The molecule has 0 radical (unpaired) electrons. The second-order valence-corrected chi connectivity index (χ2v) is 18.1. The average Bonchev–Trinajstić information content (AvgIpc) is 3.28. The van der Waals surface area contributed by atoms with Gasteiger partial charge in [0.25, 0.3) is 0 Å². The molecule has 0 aromatic carbocycles. The minimum absolute atomic E-state index is 0.0804. The number of esters is 3. The van der Waals surface area contributed by atoms with Crippen LogP contribution in [0.25, 0.3) is 0 Å². The fourth-order valence-electron chi connectivity index (χ4n) is 7.75. The molecule has 1 unspecified atom stereocenters. The Balaban J connectivity index is 4.28. The Morgan fingerprint density at radius 2 is 0.651 bits per heavy atom. The number of unbranched alkanes of at least 4 members (excludes halogenated alkanes) is 30. The lowest BCUT2D eigenvalue weighted by Crippen LogP contribution is -2.30. The van der Waals surface area contributed by atoms with E-state index in [0.717, 1.165) is 109 Å². The Bertz CT molecular complexity index is 1110. The molecular formula is C57H102O6. The van der Waals surface area contributed by atoms with E-state index in [1.54, 1.807) is 0 Å². The quantitative estimate of drug-likeness (QED) is 0.0262. The van der Waals surface area contributed by atoms with Gasteiger partial charge in [-0.3, -0.25) is 14.4 Å². The molecule has 366 valence electrons. The van der Waals surface area contributed by atoms with Gasteiger partial charge in [-0.25, -0.2) is 0 Å². The van der Waals surface area contributed by atoms with Crippen molar-refractivity contribution in [3.05, 3.63) is 48.6 Å². The molecule has 0 heterocycles. The first-order valence-electron chi connectivity index (χ1n) is 27.1. The molecule has 6 heteroatoms. The molecule has 6 nitrogen and oxygen atoms in total. The van der Waals surface area contributed by atoms with Crippen molar-refractivity contribution in [3.63, 3.8) is 0 Å². The smallest absolute Gasteiger partial charge is 0.306 e. The van der Waals surface area contributed by atoms with Gasteiger partial charge >= 0.3 is 17.9 Å². The van der Waals surface area contributed by atoms with E-state index in [0.29, 0.717) is 19.3 Å². The Morgan fingerprint density at radius 3 is 1.05 bits per heavy atom. The van der Waals surface area contributed by atoms with Gasteiger partial charge in [0, 0.05) is 19.3 Å². The van der Waals surface area contributed by atoms with Crippen molar-refractivity contribution < 1.29 is 28.6 Å². The van der Waals surface area contributed by atoms with Crippen LogP contribution >= 0.6 is 0 Å². The standard InChI is InChI=1S/C57H102O6/c1-4-7-10-13-16-19-22-24-26-27-28-29-30-32-33-35-38-41-44-47-50-56(59)62-53-54(52-61-55(58)49-46-43-40-37-21-18-15-12-9-6-3)63-57(60)51-48-45-42-39-36-34-31-25-23-20-17-14-11-8-5-2/h8,11-12,15,17,20,25,31,54H,4-7,9-10,13-14,16,18-19,21-24,26-30,32-53H2,1-3H3/b11-8-,15-12-,20-17-,31-25-. The van der Waals surface area contributed by atoms with E-state index in [9.17, 15) is 14.4 Å². The minimum Gasteiger partial charge on any atom is -0.462 e. The van der Waals surface area contributed by atoms with E-state index in [2.05, 4.69) is 69.4 Å². The molecule has 0 aliphatic carbocycles. The van der Waals surface area contributed by atoms with Gasteiger partial charge in [0.05, 0.1) is 0 Å². The Morgan fingerprint density at radius 1 is 0.333 bits per heavy atom. The van der Waals surface area contributed by atoms with Crippen LogP contribution in [0.2, 0.25) is 0 Å². The van der Waals surface area contributed by atoms with Crippen LogP contribution in [0.5, 0.6) is 0 Å². The number of carbonyl (C=O) groups is 3. The van der Waals surface area contributed by atoms with Crippen LogP contribution < -0.4 is 0 Å². The summed E-state index contributed by atoms with van der Waals surface area (Å²) in [6, 6.07) is 0. The van der Waals surface area contributed by atoms with Gasteiger partial charge in [-0.15, -0.1) is 0 Å². The molecule has 0 aromatic rings. The summed E-state index contributed by atoms with van der Waals surface area (Å²) < 4.78 is 16.8. The number of allylic oxidation sites excluding steroid dienone is 8. The maximum atomic E-state index is 12.8. The topological polar surface area (TPSA) is 78.9 Å². The zero-order valence-electron chi connectivity index (χ0n) is 41.8.